The molecular formula is C14H25F3N2O3. The molecule has 0 aliphatic heterocycles. The van der Waals surface area contributed by atoms with Crippen LogP contribution in [0.25, 0.3) is 0 Å². The van der Waals surface area contributed by atoms with Gasteiger partial charge in [0, 0.05) is 12.6 Å². The average molecular weight is 326 g/mol. The Morgan fingerprint density at radius 1 is 1.32 bits per heavy atom. The maximum absolute atomic E-state index is 12.3. The number of nitrogens with one attached hydrogen (secondary N) is 1. The number of amides is 2. The minimum Gasteiger partial charge on any atom is -0.394 e. The van der Waals surface area contributed by atoms with E-state index < -0.39 is 37.9 Å². The third-order valence-electron chi connectivity index (χ3n) is 3.94. The summed E-state index contributed by atoms with van der Waals surface area (Å²) < 4.78 is 37.0. The minimum atomic E-state index is -4.37. The summed E-state index contributed by atoms with van der Waals surface area (Å²) in [6.45, 7) is 0.680. The van der Waals surface area contributed by atoms with E-state index in [1.807, 2.05) is 0 Å². The molecule has 0 aromatic heterocycles. The van der Waals surface area contributed by atoms with Crippen molar-refractivity contribution in [2.45, 2.75) is 57.3 Å². The van der Waals surface area contributed by atoms with E-state index in [2.05, 4.69) is 12.2 Å². The quantitative estimate of drug-likeness (QED) is 0.698. The first-order valence-electron chi connectivity index (χ1n) is 7.62. The third-order valence-corrected chi connectivity index (χ3v) is 3.94. The lowest BCUT2D eigenvalue weighted by Gasteiger charge is -2.31. The second-order valence-corrected chi connectivity index (χ2v) is 6.05. The molecule has 2 amide bonds. The Labute approximate surface area is 128 Å². The molecule has 0 radical (unpaired) electrons. The number of hydrogen-bond donors (Lipinski definition) is 3. The molecule has 5 nitrogen and oxygen atoms in total. The van der Waals surface area contributed by atoms with Gasteiger partial charge in [0.25, 0.3) is 0 Å². The van der Waals surface area contributed by atoms with Crippen LogP contribution in [0.1, 0.15) is 39.0 Å². The Bertz CT molecular complexity index is 345. The molecule has 0 saturated heterocycles. The lowest BCUT2D eigenvalue weighted by molar-refractivity contribution is -0.137. The molecule has 1 aliphatic rings. The van der Waals surface area contributed by atoms with Gasteiger partial charge in [0.1, 0.15) is 0 Å². The van der Waals surface area contributed by atoms with Crippen LogP contribution in [0.3, 0.4) is 0 Å². The number of hydrogen-bond acceptors (Lipinski definition) is 3. The first-order chi connectivity index (χ1) is 10.2. The first-order valence-corrected chi connectivity index (χ1v) is 7.62. The second kappa shape index (κ2) is 8.57. The van der Waals surface area contributed by atoms with E-state index in [9.17, 15) is 23.1 Å². The SMILES string of the molecule is CC1CCC(NC(=O)N(CCC(F)(F)F)C[C@H](O)CO)CC1. The van der Waals surface area contributed by atoms with Crippen LogP contribution in [0.4, 0.5) is 18.0 Å². The van der Waals surface area contributed by atoms with Gasteiger partial charge in [-0.15, -0.1) is 0 Å². The summed E-state index contributed by atoms with van der Waals surface area (Å²) in [5.74, 6) is 0.602. The summed E-state index contributed by atoms with van der Waals surface area (Å²) in [6, 6.07) is -0.653. The smallest absolute Gasteiger partial charge is 0.390 e. The standard InChI is InChI=1S/C14H25F3N2O3/c1-10-2-4-11(5-3-10)18-13(22)19(8-12(21)9-20)7-6-14(15,16)17/h10-12,20-21H,2-9H2,1H3,(H,18,22)/t10?,11?,12-/m0/s1. The summed E-state index contributed by atoms with van der Waals surface area (Å²) in [7, 11) is 0. The highest BCUT2D eigenvalue weighted by molar-refractivity contribution is 5.74. The number of urea groups is 1. The fraction of sp³-hybridized carbons (Fsp3) is 0.929. The molecule has 0 bridgehead atoms. The lowest BCUT2D eigenvalue weighted by Crippen LogP contribution is -2.49. The van der Waals surface area contributed by atoms with Gasteiger partial charge in [0.05, 0.1) is 25.7 Å². The highest BCUT2D eigenvalue weighted by atomic mass is 19.4. The second-order valence-electron chi connectivity index (χ2n) is 6.05. The summed E-state index contributed by atoms with van der Waals surface area (Å²) in [5, 5.41) is 20.9. The maximum Gasteiger partial charge on any atom is 0.390 e. The largest absolute Gasteiger partial charge is 0.394 e. The van der Waals surface area contributed by atoms with Crippen LogP contribution in [0.5, 0.6) is 0 Å². The number of rotatable bonds is 6. The zero-order valence-corrected chi connectivity index (χ0v) is 12.8. The Morgan fingerprint density at radius 3 is 2.41 bits per heavy atom. The van der Waals surface area contributed by atoms with Crippen LogP contribution in [0.2, 0.25) is 0 Å². The molecule has 1 saturated carbocycles. The molecule has 0 unspecified atom stereocenters. The van der Waals surface area contributed by atoms with Crippen molar-refractivity contribution in [3.05, 3.63) is 0 Å². The molecule has 1 rings (SSSR count). The number of alkyl halides is 3. The van der Waals surface area contributed by atoms with Crippen molar-refractivity contribution >= 4 is 6.03 Å². The van der Waals surface area contributed by atoms with Gasteiger partial charge in [-0.1, -0.05) is 6.92 Å². The van der Waals surface area contributed by atoms with Gasteiger partial charge in [-0.3, -0.25) is 0 Å². The Balaban J connectivity index is 2.54. The highest BCUT2D eigenvalue weighted by Crippen LogP contribution is 2.24. The van der Waals surface area contributed by atoms with Crippen molar-refractivity contribution in [1.29, 1.82) is 0 Å². The summed E-state index contributed by atoms with van der Waals surface area (Å²) in [5.41, 5.74) is 0. The predicted octanol–water partition coefficient (Wildman–Crippen LogP) is 1.88. The van der Waals surface area contributed by atoms with E-state index in [1.165, 1.54) is 0 Å². The van der Waals surface area contributed by atoms with Gasteiger partial charge in [-0.25, -0.2) is 4.79 Å². The number of carbonyl (C=O) groups excluding carboxylic acids is 1. The van der Waals surface area contributed by atoms with Crippen molar-refractivity contribution in [2.75, 3.05) is 19.7 Å². The predicted molar refractivity (Wildman–Crippen MR) is 75.3 cm³/mol. The summed E-state index contributed by atoms with van der Waals surface area (Å²) in [4.78, 5) is 13.0. The Kier molecular flexibility index (Phi) is 7.41. The van der Waals surface area contributed by atoms with Crippen LogP contribution in [-0.4, -0.2) is 59.2 Å². The number of halogens is 3. The molecule has 8 heteroatoms. The molecule has 0 aromatic carbocycles. The summed E-state index contributed by atoms with van der Waals surface area (Å²) in [6.07, 6.45) is -3.18. The molecule has 1 aliphatic carbocycles. The highest BCUT2D eigenvalue weighted by Gasteiger charge is 2.30. The zero-order valence-electron chi connectivity index (χ0n) is 12.8. The number of nitrogens with zero attached hydrogens (tertiary/aromatic N) is 1. The summed E-state index contributed by atoms with van der Waals surface area (Å²) >= 11 is 0. The molecule has 3 N–H and O–H groups in total. The van der Waals surface area contributed by atoms with Crippen LogP contribution in [-0.2, 0) is 0 Å². The minimum absolute atomic E-state index is 0.0386. The Morgan fingerprint density at radius 2 is 1.91 bits per heavy atom. The van der Waals surface area contributed by atoms with E-state index >= 15 is 0 Å². The number of carbonyl (C=O) groups is 1. The number of aliphatic hydroxyl groups is 2. The van der Waals surface area contributed by atoms with E-state index in [0.717, 1.165) is 30.6 Å². The fourth-order valence-electron chi connectivity index (χ4n) is 2.52. The maximum atomic E-state index is 12.3. The van der Waals surface area contributed by atoms with Crippen LogP contribution >= 0.6 is 0 Å². The van der Waals surface area contributed by atoms with Crippen molar-refractivity contribution in [1.82, 2.24) is 10.2 Å². The van der Waals surface area contributed by atoms with Crippen molar-refractivity contribution in [2.24, 2.45) is 5.92 Å². The Hall–Kier alpha value is -1.02. The van der Waals surface area contributed by atoms with Gasteiger partial charge in [-0.2, -0.15) is 13.2 Å². The normalized spacial score (nSPS) is 23.9. The van der Waals surface area contributed by atoms with Gasteiger partial charge in [0.2, 0.25) is 0 Å². The van der Waals surface area contributed by atoms with Crippen LogP contribution in [0, 0.1) is 5.92 Å². The average Bonchev–Trinajstić information content (AvgIpc) is 2.44. The zero-order chi connectivity index (χ0) is 16.8. The van der Waals surface area contributed by atoms with Gasteiger partial charge >= 0.3 is 12.2 Å². The van der Waals surface area contributed by atoms with Crippen LogP contribution < -0.4 is 5.32 Å². The van der Waals surface area contributed by atoms with E-state index in [4.69, 9.17) is 5.11 Å². The molecular weight excluding hydrogens is 301 g/mol. The molecule has 0 aromatic rings. The monoisotopic (exact) mass is 326 g/mol. The molecule has 130 valence electrons. The first kappa shape index (κ1) is 19.0. The molecule has 0 heterocycles. The van der Waals surface area contributed by atoms with E-state index in [-0.39, 0.29) is 12.6 Å². The van der Waals surface area contributed by atoms with Crippen LogP contribution in [0.15, 0.2) is 0 Å². The molecule has 22 heavy (non-hydrogen) atoms. The number of aliphatic hydroxyl groups excluding tert-OH is 2. The topological polar surface area (TPSA) is 72.8 Å². The van der Waals surface area contributed by atoms with E-state index in [1.54, 1.807) is 0 Å². The van der Waals surface area contributed by atoms with Crippen molar-refractivity contribution in [3.8, 4) is 0 Å². The van der Waals surface area contributed by atoms with Crippen molar-refractivity contribution in [3.63, 3.8) is 0 Å². The van der Waals surface area contributed by atoms with Gasteiger partial charge in [-0.05, 0) is 31.6 Å². The third kappa shape index (κ3) is 7.31. The lowest BCUT2D eigenvalue weighted by atomic mass is 9.87. The van der Waals surface area contributed by atoms with Gasteiger partial charge < -0.3 is 20.4 Å². The van der Waals surface area contributed by atoms with Crippen molar-refractivity contribution < 1.29 is 28.2 Å². The van der Waals surface area contributed by atoms with E-state index in [0.29, 0.717) is 5.92 Å². The molecule has 1 atom stereocenters. The molecule has 0 spiro atoms. The van der Waals surface area contributed by atoms with Gasteiger partial charge in [0.15, 0.2) is 0 Å². The molecule has 1 fully saturated rings. The fourth-order valence-corrected chi connectivity index (χ4v) is 2.52.